The van der Waals surface area contributed by atoms with Crippen LogP contribution in [0.4, 0.5) is 0 Å². The van der Waals surface area contributed by atoms with Gasteiger partial charge >= 0.3 is 0 Å². The van der Waals surface area contributed by atoms with Crippen LogP contribution in [0.2, 0.25) is 0 Å². The van der Waals surface area contributed by atoms with E-state index in [1.807, 2.05) is 13.8 Å². The molecule has 4 fully saturated rings. The molecule has 1 spiro atoms. The van der Waals surface area contributed by atoms with Gasteiger partial charge in [-0.2, -0.15) is 0 Å². The Bertz CT molecular complexity index is 781. The van der Waals surface area contributed by atoms with Crippen LogP contribution in [0.25, 0.3) is 0 Å². The van der Waals surface area contributed by atoms with Gasteiger partial charge in [0, 0.05) is 18.4 Å². The van der Waals surface area contributed by atoms with Gasteiger partial charge < -0.3 is 19.8 Å². The number of hydrogen-bond donors (Lipinski definition) is 2. The molecule has 2 aliphatic heterocycles. The Morgan fingerprint density at radius 2 is 1.96 bits per heavy atom. The van der Waals surface area contributed by atoms with Gasteiger partial charge in [-0.05, 0) is 43.4 Å². The van der Waals surface area contributed by atoms with E-state index in [1.54, 1.807) is 7.05 Å². The quantitative estimate of drug-likeness (QED) is 0.522. The number of likely N-dealkylation sites (tertiary alicyclic amines) is 1. The first-order chi connectivity index (χ1) is 13.2. The number of hydrogen-bond acceptors (Lipinski definition) is 5. The number of amides is 1. The van der Waals surface area contributed by atoms with Gasteiger partial charge in [0.2, 0.25) is 11.7 Å². The second kappa shape index (κ2) is 5.46. The lowest BCUT2D eigenvalue weighted by Crippen LogP contribution is -2.58. The second-order valence-corrected chi connectivity index (χ2v) is 10.2. The van der Waals surface area contributed by atoms with E-state index in [1.165, 1.54) is 4.90 Å². The maximum Gasteiger partial charge on any atom is 0.242 e. The highest BCUT2D eigenvalue weighted by Gasteiger charge is 2.87. The molecule has 3 aliphatic carbocycles. The fraction of sp³-hybridized carbons (Fsp3) is 0.818. The Morgan fingerprint density at radius 3 is 2.64 bits per heavy atom. The fourth-order valence-corrected chi connectivity index (χ4v) is 7.91. The molecule has 10 atom stereocenters. The monoisotopic (exact) mass is 389 g/mol. The average molecular weight is 389 g/mol. The standard InChI is InChI=1S/C22H31NO5/c1-11-5-7-14-13(9-11)6-8-15-17-12(2)28-22(27)16(10-24)23(4)19(26)21(17,22)18(25)20(14,15)3/h6,8,11-17,24,27H,5,7,9-10H2,1-4H3/t11-,12+,13-,14-,15+,16+,17+,20+,21-,22+/m1/s1. The fourth-order valence-electron chi connectivity index (χ4n) is 7.91. The summed E-state index contributed by atoms with van der Waals surface area (Å²) in [4.78, 5) is 29.1. The molecule has 5 aliphatic rings. The topological polar surface area (TPSA) is 87.1 Å². The number of aliphatic hydroxyl groups is 2. The normalized spacial score (nSPS) is 57.2. The summed E-state index contributed by atoms with van der Waals surface area (Å²) in [7, 11) is 1.55. The second-order valence-electron chi connectivity index (χ2n) is 10.2. The van der Waals surface area contributed by atoms with E-state index in [0.29, 0.717) is 11.8 Å². The molecule has 0 aromatic rings. The lowest BCUT2D eigenvalue weighted by molar-refractivity contribution is -0.240. The summed E-state index contributed by atoms with van der Waals surface area (Å²) in [6.07, 6.45) is 7.09. The van der Waals surface area contributed by atoms with Crippen molar-refractivity contribution in [2.24, 2.45) is 40.4 Å². The van der Waals surface area contributed by atoms with Gasteiger partial charge in [0.1, 0.15) is 6.04 Å². The van der Waals surface area contributed by atoms with E-state index in [4.69, 9.17) is 4.74 Å². The first kappa shape index (κ1) is 18.8. The van der Waals surface area contributed by atoms with E-state index in [2.05, 4.69) is 19.1 Å². The molecule has 0 unspecified atom stereocenters. The van der Waals surface area contributed by atoms with E-state index >= 15 is 0 Å². The third kappa shape index (κ3) is 1.70. The van der Waals surface area contributed by atoms with Gasteiger partial charge in [0.05, 0.1) is 12.7 Å². The number of carbonyl (C=O) groups is 2. The van der Waals surface area contributed by atoms with Gasteiger partial charge in [-0.3, -0.25) is 9.59 Å². The van der Waals surface area contributed by atoms with E-state index < -0.39 is 47.2 Å². The zero-order valence-electron chi connectivity index (χ0n) is 17.1. The highest BCUT2D eigenvalue weighted by atomic mass is 16.6. The van der Waals surface area contributed by atoms with Crippen LogP contribution in [0.15, 0.2) is 12.2 Å². The molecule has 2 saturated carbocycles. The van der Waals surface area contributed by atoms with Crippen LogP contribution < -0.4 is 0 Å². The number of rotatable bonds is 1. The summed E-state index contributed by atoms with van der Waals surface area (Å²) in [5, 5.41) is 21.6. The lowest BCUT2D eigenvalue weighted by Gasteiger charge is -2.49. The predicted molar refractivity (Wildman–Crippen MR) is 101 cm³/mol. The van der Waals surface area contributed by atoms with Crippen molar-refractivity contribution >= 4 is 11.7 Å². The number of ether oxygens (including phenoxy) is 1. The molecule has 1 amide bonds. The number of Topliss-reactive ketones (excluding diaryl/α,β-unsaturated/α-hetero) is 1. The van der Waals surface area contributed by atoms with E-state index in [-0.39, 0.29) is 17.6 Å². The van der Waals surface area contributed by atoms with Crippen LogP contribution in [0, 0.1) is 40.4 Å². The van der Waals surface area contributed by atoms with Crippen molar-refractivity contribution in [2.75, 3.05) is 13.7 Å². The number of nitrogens with zero attached hydrogens (tertiary/aromatic N) is 1. The van der Waals surface area contributed by atoms with Crippen LogP contribution in [0.3, 0.4) is 0 Å². The number of ketones is 1. The number of allylic oxidation sites excluding steroid dienone is 2. The Labute approximate surface area is 165 Å². The Hall–Kier alpha value is -1.24. The molecule has 2 saturated heterocycles. The van der Waals surface area contributed by atoms with Gasteiger partial charge in [-0.25, -0.2) is 0 Å². The van der Waals surface area contributed by atoms with E-state index in [0.717, 1.165) is 19.3 Å². The maximum atomic E-state index is 14.2. The van der Waals surface area contributed by atoms with Crippen molar-refractivity contribution in [1.29, 1.82) is 0 Å². The summed E-state index contributed by atoms with van der Waals surface area (Å²) in [5.41, 5.74) is -2.30. The Balaban J connectivity index is 1.71. The number of carbonyl (C=O) groups excluding carboxylic acids is 2. The molecule has 6 heteroatoms. The molecule has 0 radical (unpaired) electrons. The number of likely N-dealkylation sites (N-methyl/N-ethyl adjacent to an activating group) is 1. The minimum Gasteiger partial charge on any atom is -0.394 e. The molecule has 2 heterocycles. The summed E-state index contributed by atoms with van der Waals surface area (Å²) in [6.45, 7) is 5.70. The van der Waals surface area contributed by atoms with Crippen molar-refractivity contribution in [1.82, 2.24) is 4.90 Å². The molecular weight excluding hydrogens is 358 g/mol. The lowest BCUT2D eigenvalue weighted by atomic mass is 9.55. The molecule has 28 heavy (non-hydrogen) atoms. The first-order valence-corrected chi connectivity index (χ1v) is 10.7. The third-order valence-electron chi connectivity index (χ3n) is 9.11. The SMILES string of the molecule is C[C@@H]1CC[C@@H]2[C@H](C=C[C@H]3[C@@H]4[C@H](C)O[C@@]5(O)[C@H](CO)N(C)C(=O)[C@]45C(=O)[C@@]23C)C1. The zero-order valence-corrected chi connectivity index (χ0v) is 17.1. The summed E-state index contributed by atoms with van der Waals surface area (Å²) < 4.78 is 5.97. The Kier molecular flexibility index (Phi) is 3.66. The van der Waals surface area contributed by atoms with Crippen molar-refractivity contribution in [2.45, 2.75) is 58.0 Å². The Morgan fingerprint density at radius 1 is 1.25 bits per heavy atom. The van der Waals surface area contributed by atoms with Crippen LogP contribution in [0.5, 0.6) is 0 Å². The smallest absolute Gasteiger partial charge is 0.242 e. The molecule has 5 rings (SSSR count). The van der Waals surface area contributed by atoms with Gasteiger partial charge in [-0.15, -0.1) is 0 Å². The molecule has 2 N–H and O–H groups in total. The van der Waals surface area contributed by atoms with Crippen LogP contribution in [-0.4, -0.2) is 58.4 Å². The number of fused-ring (bicyclic) bond motifs is 4. The summed E-state index contributed by atoms with van der Waals surface area (Å²) in [6, 6.07) is -0.925. The molecular formula is C22H31NO5. The summed E-state index contributed by atoms with van der Waals surface area (Å²) >= 11 is 0. The first-order valence-electron chi connectivity index (χ1n) is 10.7. The zero-order chi connectivity index (χ0) is 20.2. The number of aliphatic hydroxyl groups excluding tert-OH is 1. The molecule has 0 aromatic carbocycles. The van der Waals surface area contributed by atoms with Crippen LogP contribution in [0.1, 0.15) is 40.0 Å². The summed E-state index contributed by atoms with van der Waals surface area (Å²) in [5.74, 6) is -1.89. The van der Waals surface area contributed by atoms with Crippen molar-refractivity contribution in [3.05, 3.63) is 12.2 Å². The molecule has 0 bridgehead atoms. The van der Waals surface area contributed by atoms with Gasteiger partial charge in [0.25, 0.3) is 0 Å². The van der Waals surface area contributed by atoms with Crippen LogP contribution >= 0.6 is 0 Å². The van der Waals surface area contributed by atoms with Crippen molar-refractivity contribution in [3.63, 3.8) is 0 Å². The predicted octanol–water partition coefficient (Wildman–Crippen LogP) is 1.36. The molecule has 0 aromatic heterocycles. The van der Waals surface area contributed by atoms with Gasteiger partial charge in [0.15, 0.2) is 11.2 Å². The largest absolute Gasteiger partial charge is 0.394 e. The minimum atomic E-state index is -1.97. The third-order valence-corrected chi connectivity index (χ3v) is 9.11. The van der Waals surface area contributed by atoms with Crippen molar-refractivity contribution in [3.8, 4) is 0 Å². The highest BCUT2D eigenvalue weighted by Crippen LogP contribution is 2.72. The average Bonchev–Trinajstić information content (AvgIpc) is 3.07. The van der Waals surface area contributed by atoms with Crippen LogP contribution in [-0.2, 0) is 14.3 Å². The minimum absolute atomic E-state index is 0.131. The van der Waals surface area contributed by atoms with E-state index in [9.17, 15) is 19.8 Å². The maximum absolute atomic E-state index is 14.2. The molecule has 6 nitrogen and oxygen atoms in total. The van der Waals surface area contributed by atoms with Gasteiger partial charge in [-0.1, -0.05) is 32.4 Å². The molecule has 154 valence electrons. The highest BCUT2D eigenvalue weighted by molar-refractivity contribution is 6.14. The van der Waals surface area contributed by atoms with Crippen molar-refractivity contribution < 1.29 is 24.5 Å².